The minimum absolute atomic E-state index is 0.000721. The predicted octanol–water partition coefficient (Wildman–Crippen LogP) is 3.02. The monoisotopic (exact) mass is 409 g/mol. The van der Waals surface area contributed by atoms with E-state index in [0.29, 0.717) is 11.4 Å². The summed E-state index contributed by atoms with van der Waals surface area (Å²) >= 11 is 1.78. The van der Waals surface area contributed by atoms with Gasteiger partial charge in [-0.25, -0.2) is 8.42 Å². The molecule has 0 saturated carbocycles. The van der Waals surface area contributed by atoms with Crippen molar-refractivity contribution in [1.82, 2.24) is 0 Å². The van der Waals surface area contributed by atoms with Crippen LogP contribution in [-0.2, 0) is 10.0 Å². The lowest BCUT2D eigenvalue weighted by molar-refractivity contribution is 0.395. The Balaban J connectivity index is 1.81. The molecule has 9 heteroatoms. The Morgan fingerprint density at radius 2 is 1.96 bits per heavy atom. The van der Waals surface area contributed by atoms with Gasteiger partial charge in [0, 0.05) is 24.1 Å². The van der Waals surface area contributed by atoms with Gasteiger partial charge in [-0.05, 0) is 30.3 Å². The molecule has 0 spiro atoms. The van der Waals surface area contributed by atoms with Crippen LogP contribution in [0.15, 0.2) is 42.5 Å². The minimum atomic E-state index is -3.31. The molecular weight excluding hydrogens is 386 g/mol. The number of anilines is 3. The van der Waals surface area contributed by atoms with E-state index in [-0.39, 0.29) is 5.50 Å². The van der Waals surface area contributed by atoms with Crippen molar-refractivity contribution < 1.29 is 17.9 Å². The lowest BCUT2D eigenvalue weighted by Gasteiger charge is -2.28. The van der Waals surface area contributed by atoms with Crippen LogP contribution in [-0.4, -0.2) is 46.7 Å². The van der Waals surface area contributed by atoms with Crippen molar-refractivity contribution in [3.8, 4) is 11.5 Å². The first-order valence-electron chi connectivity index (χ1n) is 8.34. The number of thioether (sulfide) groups is 1. The average Bonchev–Trinajstić information content (AvgIpc) is 3.09. The number of benzene rings is 2. The van der Waals surface area contributed by atoms with Gasteiger partial charge in [0.05, 0.1) is 31.9 Å². The van der Waals surface area contributed by atoms with Crippen LogP contribution in [0.25, 0.3) is 0 Å². The lowest BCUT2D eigenvalue weighted by atomic mass is 10.2. The van der Waals surface area contributed by atoms with Crippen LogP contribution in [0.5, 0.6) is 11.5 Å². The lowest BCUT2D eigenvalue weighted by Crippen LogP contribution is -2.34. The number of nitrogens with one attached hydrogen (secondary N) is 2. The Bertz CT molecular complexity index is 905. The van der Waals surface area contributed by atoms with Crippen LogP contribution in [0.1, 0.15) is 0 Å². The van der Waals surface area contributed by atoms with Gasteiger partial charge in [0.2, 0.25) is 10.0 Å². The van der Waals surface area contributed by atoms with E-state index >= 15 is 0 Å². The first-order valence-corrected chi connectivity index (χ1v) is 11.3. The molecule has 1 aliphatic rings. The number of ether oxygens (including phenoxy) is 2. The maximum atomic E-state index is 11.5. The zero-order valence-electron chi connectivity index (χ0n) is 15.4. The SMILES string of the molecule is COc1ccc(NC2SCCN2c2cccc(NS(C)(=O)=O)c2)c(OC)c1. The maximum Gasteiger partial charge on any atom is 0.229 e. The predicted molar refractivity (Wildman–Crippen MR) is 112 cm³/mol. The number of hydrogen-bond donors (Lipinski definition) is 2. The molecule has 1 atom stereocenters. The van der Waals surface area contributed by atoms with Crippen LogP contribution in [0, 0.1) is 0 Å². The van der Waals surface area contributed by atoms with E-state index in [1.807, 2.05) is 36.4 Å². The van der Waals surface area contributed by atoms with Crippen molar-refractivity contribution in [2.24, 2.45) is 0 Å². The second kappa shape index (κ2) is 8.18. The molecule has 0 aliphatic carbocycles. The number of rotatable bonds is 7. The molecular formula is C18H23N3O4S2. The quantitative estimate of drug-likeness (QED) is 0.728. The number of nitrogens with zero attached hydrogens (tertiary/aromatic N) is 1. The molecule has 0 radical (unpaired) electrons. The van der Waals surface area contributed by atoms with E-state index in [4.69, 9.17) is 9.47 Å². The zero-order valence-corrected chi connectivity index (χ0v) is 17.1. The summed E-state index contributed by atoms with van der Waals surface area (Å²) in [7, 11) is -0.0691. The van der Waals surface area contributed by atoms with Crippen molar-refractivity contribution in [1.29, 1.82) is 0 Å². The molecule has 2 aromatic rings. The van der Waals surface area contributed by atoms with E-state index in [0.717, 1.165) is 35.7 Å². The van der Waals surface area contributed by atoms with Gasteiger partial charge < -0.3 is 19.7 Å². The Hall–Kier alpha value is -2.26. The molecule has 2 N–H and O–H groups in total. The summed E-state index contributed by atoms with van der Waals surface area (Å²) in [5.41, 5.74) is 2.36. The molecule has 1 fully saturated rings. The Labute approximate surface area is 164 Å². The third kappa shape index (κ3) is 4.92. The second-order valence-corrected chi connectivity index (χ2v) is 8.99. The molecule has 1 unspecified atom stereocenters. The Morgan fingerprint density at radius 1 is 1.15 bits per heavy atom. The van der Waals surface area contributed by atoms with Crippen molar-refractivity contribution >= 4 is 38.8 Å². The standard InChI is InChI=1S/C18H23N3O4S2/c1-24-15-7-8-16(17(12-15)25-2)19-18-21(9-10-26-18)14-6-4-5-13(11-14)20-27(3,22)23/h4-8,11-12,18-20H,9-10H2,1-3H3. The summed E-state index contributed by atoms with van der Waals surface area (Å²) in [4.78, 5) is 2.20. The smallest absolute Gasteiger partial charge is 0.229 e. The fourth-order valence-corrected chi connectivity index (χ4v) is 4.56. The van der Waals surface area contributed by atoms with Gasteiger partial charge in [-0.2, -0.15) is 0 Å². The fraction of sp³-hybridized carbons (Fsp3) is 0.333. The number of sulfonamides is 1. The molecule has 1 aliphatic heterocycles. The summed E-state index contributed by atoms with van der Waals surface area (Å²) in [5, 5.41) is 3.50. The van der Waals surface area contributed by atoms with Crippen LogP contribution in [0.2, 0.25) is 0 Å². The summed E-state index contributed by atoms with van der Waals surface area (Å²) in [6.45, 7) is 0.850. The van der Waals surface area contributed by atoms with Gasteiger partial charge in [0.15, 0.2) is 0 Å². The van der Waals surface area contributed by atoms with Crippen molar-refractivity contribution in [2.45, 2.75) is 5.50 Å². The van der Waals surface area contributed by atoms with Gasteiger partial charge in [0.1, 0.15) is 17.0 Å². The highest BCUT2D eigenvalue weighted by molar-refractivity contribution is 8.00. The summed E-state index contributed by atoms with van der Waals surface area (Å²) < 4.78 is 36.2. The first-order chi connectivity index (χ1) is 12.9. The molecule has 2 aromatic carbocycles. The maximum absolute atomic E-state index is 11.5. The van der Waals surface area contributed by atoms with E-state index < -0.39 is 10.0 Å². The van der Waals surface area contributed by atoms with E-state index in [1.54, 1.807) is 32.0 Å². The molecule has 146 valence electrons. The summed E-state index contributed by atoms with van der Waals surface area (Å²) in [5.74, 6) is 2.39. The summed E-state index contributed by atoms with van der Waals surface area (Å²) in [6.07, 6.45) is 1.14. The van der Waals surface area contributed by atoms with Gasteiger partial charge in [-0.15, -0.1) is 11.8 Å². The second-order valence-electron chi connectivity index (χ2n) is 6.05. The van der Waals surface area contributed by atoms with Crippen LogP contribution >= 0.6 is 11.8 Å². The van der Waals surface area contributed by atoms with Gasteiger partial charge in [0.25, 0.3) is 0 Å². The van der Waals surface area contributed by atoms with Gasteiger partial charge >= 0.3 is 0 Å². The van der Waals surface area contributed by atoms with Crippen molar-refractivity contribution in [2.75, 3.05) is 47.7 Å². The highest BCUT2D eigenvalue weighted by Crippen LogP contribution is 2.35. The fourth-order valence-electron chi connectivity index (χ4n) is 2.87. The largest absolute Gasteiger partial charge is 0.497 e. The number of methoxy groups -OCH3 is 2. The Morgan fingerprint density at radius 3 is 2.67 bits per heavy atom. The summed E-state index contributed by atoms with van der Waals surface area (Å²) in [6, 6.07) is 13.0. The van der Waals surface area contributed by atoms with Crippen LogP contribution in [0.3, 0.4) is 0 Å². The van der Waals surface area contributed by atoms with Crippen LogP contribution in [0.4, 0.5) is 17.1 Å². The molecule has 1 saturated heterocycles. The molecule has 0 bridgehead atoms. The molecule has 1 heterocycles. The normalized spacial score (nSPS) is 16.9. The van der Waals surface area contributed by atoms with Crippen molar-refractivity contribution in [3.63, 3.8) is 0 Å². The molecule has 0 amide bonds. The van der Waals surface area contributed by atoms with E-state index in [2.05, 4.69) is 14.9 Å². The third-order valence-corrected chi connectivity index (χ3v) is 5.77. The van der Waals surface area contributed by atoms with E-state index in [9.17, 15) is 8.42 Å². The first kappa shape index (κ1) is 19.5. The highest BCUT2D eigenvalue weighted by Gasteiger charge is 2.26. The average molecular weight is 410 g/mol. The van der Waals surface area contributed by atoms with Gasteiger partial charge in [-0.3, -0.25) is 4.72 Å². The molecule has 3 rings (SSSR count). The topological polar surface area (TPSA) is 79.9 Å². The van der Waals surface area contributed by atoms with E-state index in [1.165, 1.54) is 0 Å². The van der Waals surface area contributed by atoms with Crippen LogP contribution < -0.4 is 24.4 Å². The molecule has 27 heavy (non-hydrogen) atoms. The zero-order chi connectivity index (χ0) is 19.4. The highest BCUT2D eigenvalue weighted by atomic mass is 32.2. The Kier molecular flexibility index (Phi) is 5.91. The van der Waals surface area contributed by atoms with Gasteiger partial charge in [-0.1, -0.05) is 6.07 Å². The minimum Gasteiger partial charge on any atom is -0.497 e. The number of hydrogen-bond acceptors (Lipinski definition) is 7. The third-order valence-electron chi connectivity index (χ3n) is 4.06. The molecule has 7 nitrogen and oxygen atoms in total. The molecule has 0 aromatic heterocycles. The van der Waals surface area contributed by atoms with Crippen molar-refractivity contribution in [3.05, 3.63) is 42.5 Å².